The molecule has 12 heteroatoms. The molecule has 0 spiro atoms. The van der Waals surface area contributed by atoms with Gasteiger partial charge in [0, 0.05) is 67.2 Å². The molecule has 240 valence electrons. The maximum atomic E-state index is 15.3. The molecule has 9 nitrogen and oxygen atoms in total. The summed E-state index contributed by atoms with van der Waals surface area (Å²) in [6.45, 7) is 3.28. The van der Waals surface area contributed by atoms with Crippen LogP contribution in [0.3, 0.4) is 0 Å². The van der Waals surface area contributed by atoms with Gasteiger partial charge in [-0.1, -0.05) is 22.0 Å². The van der Waals surface area contributed by atoms with E-state index >= 15 is 8.78 Å². The van der Waals surface area contributed by atoms with Crippen LogP contribution < -0.4 is 15.0 Å². The Morgan fingerprint density at radius 2 is 1.80 bits per heavy atom. The van der Waals surface area contributed by atoms with E-state index in [0.717, 1.165) is 32.4 Å². The number of nitrogens with zero attached hydrogens (tertiary/aromatic N) is 4. The molecule has 1 N–H and O–H groups in total. The van der Waals surface area contributed by atoms with Gasteiger partial charge in [-0.05, 0) is 75.3 Å². The molecular weight excluding hydrogens is 648 g/mol. The largest absolute Gasteiger partial charge is 0.490 e. The van der Waals surface area contributed by atoms with E-state index in [1.807, 2.05) is 50.4 Å². The van der Waals surface area contributed by atoms with Gasteiger partial charge in [0.25, 0.3) is 5.91 Å². The van der Waals surface area contributed by atoms with E-state index in [4.69, 9.17) is 4.74 Å². The molecule has 2 saturated heterocycles. The topological polar surface area (TPSA) is 96.8 Å². The summed E-state index contributed by atoms with van der Waals surface area (Å²) in [5.74, 6) is -4.98. The highest BCUT2D eigenvalue weighted by molar-refractivity contribution is 9.10. The molecule has 1 atom stereocenters. The number of amides is 3. The summed E-state index contributed by atoms with van der Waals surface area (Å²) < 4.78 is 39.4. The number of hydrogen-bond acceptors (Lipinski definition) is 6. The first kappa shape index (κ1) is 31.4. The lowest BCUT2D eigenvalue weighted by Gasteiger charge is -2.38. The molecule has 6 rings (SSSR count). The molecule has 3 heterocycles. The first-order valence-corrected chi connectivity index (χ1v) is 16.4. The number of piperidine rings is 1. The van der Waals surface area contributed by atoms with Crippen molar-refractivity contribution in [1.82, 2.24) is 20.0 Å². The number of benzene rings is 2. The van der Waals surface area contributed by atoms with Gasteiger partial charge in [-0.3, -0.25) is 24.4 Å². The Morgan fingerprint density at radius 3 is 2.51 bits per heavy atom. The van der Waals surface area contributed by atoms with E-state index in [1.54, 1.807) is 4.68 Å². The average molecular weight is 687 g/mol. The zero-order valence-electron chi connectivity index (χ0n) is 25.5. The van der Waals surface area contributed by atoms with Crippen LogP contribution in [0.5, 0.6) is 5.75 Å². The molecule has 1 aromatic heterocycles. The summed E-state index contributed by atoms with van der Waals surface area (Å²) in [5.41, 5.74) is 3.40. The highest BCUT2D eigenvalue weighted by atomic mass is 79.9. The highest BCUT2D eigenvalue weighted by Gasteiger charge is 2.45. The van der Waals surface area contributed by atoms with E-state index in [9.17, 15) is 14.4 Å². The maximum absolute atomic E-state index is 15.3. The summed E-state index contributed by atoms with van der Waals surface area (Å²) in [4.78, 5) is 40.4. The Balaban J connectivity index is 1.02. The van der Waals surface area contributed by atoms with Crippen LogP contribution in [-0.4, -0.2) is 70.6 Å². The number of alkyl halides is 2. The number of nitrogens with one attached hydrogen (secondary N) is 1. The van der Waals surface area contributed by atoms with E-state index < -0.39 is 24.2 Å². The second kappa shape index (κ2) is 12.7. The quantitative estimate of drug-likeness (QED) is 0.331. The number of fused-ring (bicyclic) bond motifs is 1. The van der Waals surface area contributed by atoms with Crippen molar-refractivity contribution in [2.75, 3.05) is 31.1 Å². The molecule has 3 fully saturated rings. The summed E-state index contributed by atoms with van der Waals surface area (Å²) >= 11 is 3.52. The van der Waals surface area contributed by atoms with E-state index in [-0.39, 0.29) is 43.3 Å². The number of carbonyl (C=O) groups is 3. The standard InChI is InChI=1S/C33H38BrF2N5O4/c1-20-26(34)4-3-5-28(20)45-23-9-6-21(7-10-23)19-33(35,36)32(44)41-16-14-40(15-17-41)22-8-11-24-27(18-22)39(2)38-30(24)25-12-13-29(42)37-31(25)43/h3-5,8,11,18,21,23,25H,6-7,9-10,12-17,19H2,1-2H3,(H,37,42,43). The SMILES string of the molecule is Cc1c(Br)cccc1OC1CCC(CC(F)(F)C(=O)N2CCN(c3ccc4c(C5CCC(=O)NC5=O)nn(C)c4c3)CC2)CC1. The predicted octanol–water partition coefficient (Wildman–Crippen LogP) is 5.48. The van der Waals surface area contributed by atoms with Crippen LogP contribution in [0.15, 0.2) is 40.9 Å². The number of ether oxygens (including phenoxy) is 1. The van der Waals surface area contributed by atoms with Crippen LogP contribution in [0.1, 0.15) is 62.1 Å². The number of anilines is 1. The minimum absolute atomic E-state index is 0.0127. The fraction of sp³-hybridized carbons (Fsp3) is 0.515. The number of hydrogen-bond donors (Lipinski definition) is 1. The van der Waals surface area contributed by atoms with Crippen LogP contribution in [-0.2, 0) is 21.4 Å². The van der Waals surface area contributed by atoms with Crippen LogP contribution >= 0.6 is 15.9 Å². The van der Waals surface area contributed by atoms with Crippen molar-refractivity contribution in [3.05, 3.63) is 52.1 Å². The van der Waals surface area contributed by atoms with E-state index in [1.165, 1.54) is 4.90 Å². The number of imide groups is 1. The van der Waals surface area contributed by atoms with Crippen molar-refractivity contribution in [3.63, 3.8) is 0 Å². The Labute approximate surface area is 269 Å². The fourth-order valence-electron chi connectivity index (χ4n) is 6.88. The Morgan fingerprint density at radius 1 is 1.07 bits per heavy atom. The molecule has 0 radical (unpaired) electrons. The minimum atomic E-state index is -3.40. The zero-order chi connectivity index (χ0) is 31.9. The third kappa shape index (κ3) is 6.57. The van der Waals surface area contributed by atoms with Crippen molar-refractivity contribution in [2.45, 2.75) is 69.8 Å². The zero-order valence-corrected chi connectivity index (χ0v) is 27.1. The van der Waals surface area contributed by atoms with Gasteiger partial charge < -0.3 is 14.5 Å². The Kier molecular flexibility index (Phi) is 8.87. The Bertz CT molecular complexity index is 1610. The summed E-state index contributed by atoms with van der Waals surface area (Å²) in [5, 5.41) is 7.83. The normalized spacial score (nSPS) is 22.9. The van der Waals surface area contributed by atoms with Crippen LogP contribution in [0.25, 0.3) is 10.9 Å². The first-order chi connectivity index (χ1) is 21.5. The molecule has 2 aliphatic heterocycles. The van der Waals surface area contributed by atoms with Crippen LogP contribution in [0.2, 0.25) is 0 Å². The summed E-state index contributed by atoms with van der Waals surface area (Å²) in [6.07, 6.45) is 2.85. The Hall–Kier alpha value is -3.54. The van der Waals surface area contributed by atoms with Gasteiger partial charge in [0.05, 0.1) is 23.2 Å². The van der Waals surface area contributed by atoms with Gasteiger partial charge in [0.2, 0.25) is 11.8 Å². The van der Waals surface area contributed by atoms with Crippen molar-refractivity contribution < 1.29 is 27.9 Å². The lowest BCUT2D eigenvalue weighted by molar-refractivity contribution is -0.160. The van der Waals surface area contributed by atoms with Crippen molar-refractivity contribution >= 4 is 50.2 Å². The van der Waals surface area contributed by atoms with Crippen LogP contribution in [0, 0.1) is 12.8 Å². The highest BCUT2D eigenvalue weighted by Crippen LogP contribution is 2.37. The number of aryl methyl sites for hydroxylation is 1. The summed E-state index contributed by atoms with van der Waals surface area (Å²) in [7, 11) is 1.81. The van der Waals surface area contributed by atoms with Gasteiger partial charge >= 0.3 is 5.92 Å². The van der Waals surface area contributed by atoms with E-state index in [2.05, 4.69) is 31.2 Å². The molecule has 2 aromatic carbocycles. The molecule has 3 aliphatic rings. The number of carbonyl (C=O) groups excluding carboxylic acids is 3. The second-order valence-electron chi connectivity index (χ2n) is 12.5. The lowest BCUT2D eigenvalue weighted by atomic mass is 9.83. The molecule has 1 saturated carbocycles. The first-order valence-electron chi connectivity index (χ1n) is 15.6. The van der Waals surface area contributed by atoms with Crippen molar-refractivity contribution in [2.24, 2.45) is 13.0 Å². The predicted molar refractivity (Wildman–Crippen MR) is 169 cm³/mol. The van der Waals surface area contributed by atoms with Gasteiger partial charge in [-0.2, -0.15) is 13.9 Å². The smallest absolute Gasteiger partial charge is 0.325 e. The molecule has 3 aromatic rings. The maximum Gasteiger partial charge on any atom is 0.325 e. The molecule has 0 bridgehead atoms. The number of rotatable bonds is 7. The minimum Gasteiger partial charge on any atom is -0.490 e. The fourth-order valence-corrected chi connectivity index (χ4v) is 7.23. The van der Waals surface area contributed by atoms with E-state index in [0.29, 0.717) is 50.9 Å². The molecule has 3 amide bonds. The van der Waals surface area contributed by atoms with Crippen LogP contribution in [0.4, 0.5) is 14.5 Å². The number of halogens is 3. The number of aromatic nitrogens is 2. The van der Waals surface area contributed by atoms with Crippen molar-refractivity contribution in [1.29, 1.82) is 0 Å². The van der Waals surface area contributed by atoms with Crippen molar-refractivity contribution in [3.8, 4) is 5.75 Å². The van der Waals surface area contributed by atoms with Gasteiger partial charge in [0.15, 0.2) is 0 Å². The third-order valence-electron chi connectivity index (χ3n) is 9.53. The summed E-state index contributed by atoms with van der Waals surface area (Å²) in [6, 6.07) is 11.6. The molecule has 45 heavy (non-hydrogen) atoms. The average Bonchev–Trinajstić information content (AvgIpc) is 3.35. The van der Waals surface area contributed by atoms with Gasteiger partial charge in [0.1, 0.15) is 5.75 Å². The second-order valence-corrected chi connectivity index (χ2v) is 13.4. The lowest BCUT2D eigenvalue weighted by Crippen LogP contribution is -2.53. The molecular formula is C33H38BrF2N5O4. The van der Waals surface area contributed by atoms with Gasteiger partial charge in [-0.15, -0.1) is 0 Å². The molecule has 1 aliphatic carbocycles. The van der Waals surface area contributed by atoms with Gasteiger partial charge in [-0.25, -0.2) is 0 Å². The number of piperazine rings is 1. The third-order valence-corrected chi connectivity index (χ3v) is 10.4. The monoisotopic (exact) mass is 685 g/mol. The molecule has 1 unspecified atom stereocenters.